The van der Waals surface area contributed by atoms with Crippen molar-refractivity contribution in [2.45, 2.75) is 62.0 Å². The van der Waals surface area contributed by atoms with Crippen LogP contribution >= 0.6 is 0 Å². The number of fused-ring (bicyclic) bond motifs is 1. The first kappa shape index (κ1) is 30.8. The van der Waals surface area contributed by atoms with Crippen LogP contribution in [0.15, 0.2) is 46.6 Å². The van der Waals surface area contributed by atoms with Crippen LogP contribution in [0.4, 0.5) is 27.6 Å². The van der Waals surface area contributed by atoms with Crippen molar-refractivity contribution in [3.63, 3.8) is 0 Å². The van der Waals surface area contributed by atoms with Gasteiger partial charge in [-0.1, -0.05) is 19.3 Å². The van der Waals surface area contributed by atoms with E-state index in [2.05, 4.69) is 10.1 Å². The number of imidazole rings is 1. The molecule has 1 saturated heterocycles. The van der Waals surface area contributed by atoms with Gasteiger partial charge in [0.1, 0.15) is 6.04 Å². The van der Waals surface area contributed by atoms with E-state index in [0.717, 1.165) is 36.8 Å². The molecule has 2 aromatic carbocycles. The lowest BCUT2D eigenvalue weighted by Gasteiger charge is -2.41. The normalized spacial score (nSPS) is 17.9. The molecule has 10 nitrogen and oxygen atoms in total. The number of nitrogens with zero attached hydrogens (tertiary/aromatic N) is 6. The molecule has 1 aliphatic carbocycles. The highest BCUT2D eigenvalue weighted by atomic mass is 32.2. The molecule has 2 aromatic heterocycles. The van der Waals surface area contributed by atoms with Gasteiger partial charge in [0.25, 0.3) is 5.56 Å². The van der Waals surface area contributed by atoms with Crippen molar-refractivity contribution in [3.8, 4) is 0 Å². The van der Waals surface area contributed by atoms with Gasteiger partial charge in [-0.25, -0.2) is 40.0 Å². The molecule has 45 heavy (non-hydrogen) atoms. The molecule has 3 heterocycles. The number of carbonyl (C=O) groups is 1. The van der Waals surface area contributed by atoms with E-state index >= 15 is 0 Å². The Kier molecular flexibility index (Phi) is 7.97. The Bertz CT molecular complexity index is 1960. The third-order valence-corrected chi connectivity index (χ3v) is 10.4. The first-order valence-corrected chi connectivity index (χ1v) is 15.7. The summed E-state index contributed by atoms with van der Waals surface area (Å²) in [5.74, 6) is -13.2. The van der Waals surface area contributed by atoms with Crippen LogP contribution in [0.25, 0.3) is 10.8 Å². The second-order valence-corrected chi connectivity index (χ2v) is 13.0. The molecule has 1 aliphatic heterocycles. The molecular weight excluding hydrogens is 623 g/mol. The van der Waals surface area contributed by atoms with Gasteiger partial charge < -0.3 is 9.47 Å². The molecule has 1 saturated carbocycles. The number of benzene rings is 2. The Morgan fingerprint density at radius 1 is 0.978 bits per heavy atom. The minimum Gasteiger partial charge on any atom is -0.334 e. The van der Waals surface area contributed by atoms with Crippen molar-refractivity contribution in [2.24, 2.45) is 7.05 Å². The van der Waals surface area contributed by atoms with E-state index in [9.17, 15) is 40.0 Å². The highest BCUT2D eigenvalue weighted by molar-refractivity contribution is 7.89. The van der Waals surface area contributed by atoms with E-state index in [4.69, 9.17) is 0 Å². The lowest BCUT2D eigenvalue weighted by Crippen LogP contribution is -2.59. The zero-order valence-corrected chi connectivity index (χ0v) is 24.7. The van der Waals surface area contributed by atoms with Crippen molar-refractivity contribution < 1.29 is 35.2 Å². The summed E-state index contributed by atoms with van der Waals surface area (Å²) in [5, 5.41) is 4.71. The number of hydrogen-bond donors (Lipinski definition) is 0. The van der Waals surface area contributed by atoms with Crippen molar-refractivity contribution in [3.05, 3.63) is 82.1 Å². The molecule has 0 N–H and O–H groups in total. The molecule has 0 bridgehead atoms. The fraction of sp³-hybridized carbons (Fsp3) is 0.379. The van der Waals surface area contributed by atoms with E-state index in [0.29, 0.717) is 20.8 Å². The summed E-state index contributed by atoms with van der Waals surface area (Å²) in [4.78, 5) is 30.3. The third-order valence-electron chi connectivity index (χ3n) is 8.47. The number of aryl methyl sites for hydroxylation is 1. The lowest BCUT2D eigenvalue weighted by atomic mass is 9.95. The van der Waals surface area contributed by atoms with Crippen LogP contribution in [-0.4, -0.2) is 50.5 Å². The Labute approximate surface area is 253 Å². The van der Waals surface area contributed by atoms with Gasteiger partial charge in [0.2, 0.25) is 21.7 Å². The maximum atomic E-state index is 14.6. The molecule has 0 spiro atoms. The van der Waals surface area contributed by atoms with Crippen LogP contribution in [0.3, 0.4) is 0 Å². The van der Waals surface area contributed by atoms with Crippen molar-refractivity contribution in [2.75, 3.05) is 11.4 Å². The minimum atomic E-state index is -5.35. The van der Waals surface area contributed by atoms with E-state index in [1.807, 2.05) is 4.57 Å². The van der Waals surface area contributed by atoms with E-state index < -0.39 is 62.5 Å². The Hall–Kier alpha value is -4.18. The Morgan fingerprint density at radius 3 is 2.29 bits per heavy atom. The summed E-state index contributed by atoms with van der Waals surface area (Å²) in [6, 6.07) is 3.20. The molecule has 0 radical (unpaired) electrons. The number of halogens is 5. The standard InChI is InChI=1S/C29H27F5N6O4S/c1-37-28(41)20-8-7-19(11-16(20)12-36-37)39(14-17-13-38(15-35-17)18-5-3-2-4-6-18)29(42)21-9-10-40(21)45(43,44)27-25(33)23(31)22(30)24(32)26(27)34/h7-8,11-13,15,18,21H,2-6,9-10,14H2,1H3. The fourth-order valence-corrected chi connectivity index (χ4v) is 7.64. The smallest absolute Gasteiger partial charge is 0.274 e. The summed E-state index contributed by atoms with van der Waals surface area (Å²) in [7, 11) is -3.87. The van der Waals surface area contributed by atoms with Gasteiger partial charge in [-0.15, -0.1) is 0 Å². The highest BCUT2D eigenvalue weighted by Crippen LogP contribution is 2.35. The molecule has 16 heteroatoms. The van der Waals surface area contributed by atoms with Gasteiger partial charge in [-0.05, 0) is 37.5 Å². The van der Waals surface area contributed by atoms with E-state index in [1.165, 1.54) is 36.3 Å². The molecule has 1 unspecified atom stereocenters. The van der Waals surface area contributed by atoms with Gasteiger partial charge >= 0.3 is 0 Å². The number of hydrogen-bond acceptors (Lipinski definition) is 6. The summed E-state index contributed by atoms with van der Waals surface area (Å²) in [6.07, 6.45) is 10.0. The molecule has 1 atom stereocenters. The number of carbonyl (C=O) groups excluding carboxylic acids is 1. The summed E-state index contributed by atoms with van der Waals surface area (Å²) in [5.41, 5.74) is 0.321. The van der Waals surface area contributed by atoms with Crippen molar-refractivity contribution in [1.82, 2.24) is 23.6 Å². The monoisotopic (exact) mass is 650 g/mol. The number of amides is 1. The second kappa shape index (κ2) is 11.6. The van der Waals surface area contributed by atoms with E-state index in [1.54, 1.807) is 12.5 Å². The fourth-order valence-electron chi connectivity index (χ4n) is 5.90. The average Bonchev–Trinajstić information content (AvgIpc) is 3.48. The highest BCUT2D eigenvalue weighted by Gasteiger charge is 2.48. The summed E-state index contributed by atoms with van der Waals surface area (Å²) >= 11 is 0. The quantitative estimate of drug-likeness (QED) is 0.167. The number of anilines is 1. The Morgan fingerprint density at radius 2 is 1.64 bits per heavy atom. The molecule has 4 aromatic rings. The molecule has 1 amide bonds. The second-order valence-electron chi connectivity index (χ2n) is 11.2. The zero-order chi connectivity index (χ0) is 32.2. The molecule has 238 valence electrons. The van der Waals surface area contributed by atoms with Gasteiger partial charge in [-0.2, -0.15) is 9.40 Å². The van der Waals surface area contributed by atoms with Crippen molar-refractivity contribution >= 4 is 32.4 Å². The van der Waals surface area contributed by atoms with Crippen LogP contribution in [0.2, 0.25) is 0 Å². The molecule has 6 rings (SSSR count). The molecule has 2 fully saturated rings. The summed E-state index contributed by atoms with van der Waals surface area (Å²) in [6.45, 7) is -0.546. The first-order valence-electron chi connectivity index (χ1n) is 14.2. The largest absolute Gasteiger partial charge is 0.334 e. The van der Waals surface area contributed by atoms with Crippen LogP contribution in [0, 0.1) is 29.1 Å². The number of aromatic nitrogens is 4. The van der Waals surface area contributed by atoms with Gasteiger partial charge in [-0.3, -0.25) is 9.59 Å². The van der Waals surface area contributed by atoms with Crippen LogP contribution in [-0.2, 0) is 28.4 Å². The zero-order valence-electron chi connectivity index (χ0n) is 23.9. The minimum absolute atomic E-state index is 0.0871. The SMILES string of the molecule is Cn1ncc2cc(N(Cc3cn(C4CCCCC4)cn3)C(=O)C3CCN3S(=O)(=O)c3c(F)c(F)c(F)c(F)c3F)ccc2c1=O. The average molecular weight is 651 g/mol. The van der Waals surface area contributed by atoms with Crippen LogP contribution in [0.5, 0.6) is 0 Å². The van der Waals surface area contributed by atoms with Gasteiger partial charge in [0, 0.05) is 36.9 Å². The summed E-state index contributed by atoms with van der Waals surface area (Å²) < 4.78 is 101. The molecular formula is C29H27F5N6O4S. The maximum absolute atomic E-state index is 14.6. The van der Waals surface area contributed by atoms with Crippen LogP contribution < -0.4 is 10.5 Å². The first-order chi connectivity index (χ1) is 21.4. The van der Waals surface area contributed by atoms with Gasteiger partial charge in [0.05, 0.1) is 30.1 Å². The third kappa shape index (κ3) is 5.28. The number of sulfonamides is 1. The van der Waals surface area contributed by atoms with Crippen LogP contribution in [0.1, 0.15) is 50.3 Å². The maximum Gasteiger partial charge on any atom is 0.274 e. The topological polar surface area (TPSA) is 110 Å². The van der Waals surface area contributed by atoms with E-state index in [-0.39, 0.29) is 30.3 Å². The molecule has 2 aliphatic rings. The van der Waals surface area contributed by atoms with Gasteiger partial charge in [0.15, 0.2) is 28.2 Å². The lowest BCUT2D eigenvalue weighted by molar-refractivity contribution is -0.125. The predicted molar refractivity (Wildman–Crippen MR) is 151 cm³/mol. The predicted octanol–water partition coefficient (Wildman–Crippen LogP) is 4.33. The Balaban J connectivity index is 1.37. The van der Waals surface area contributed by atoms with Crippen molar-refractivity contribution in [1.29, 1.82) is 0 Å². The number of rotatable bonds is 7.